The summed E-state index contributed by atoms with van der Waals surface area (Å²) < 4.78 is 16.8. The summed E-state index contributed by atoms with van der Waals surface area (Å²) in [7, 11) is 0. The third-order valence-corrected chi connectivity index (χ3v) is 2.81. The van der Waals surface area contributed by atoms with E-state index in [-0.39, 0.29) is 6.10 Å². The molecular formula is C13H17NO3S. The summed E-state index contributed by atoms with van der Waals surface area (Å²) in [5.74, 6) is 1.51. The van der Waals surface area contributed by atoms with Crippen molar-refractivity contribution in [3.05, 3.63) is 24.3 Å². The van der Waals surface area contributed by atoms with Crippen molar-refractivity contribution in [2.24, 2.45) is 0 Å². The van der Waals surface area contributed by atoms with Crippen LogP contribution in [0.5, 0.6) is 11.5 Å². The Hall–Kier alpha value is -1.33. The van der Waals surface area contributed by atoms with Gasteiger partial charge in [0.1, 0.15) is 17.7 Å². The predicted octanol–water partition coefficient (Wildman–Crippen LogP) is 1.78. The Balaban J connectivity index is 1.87. The Kier molecular flexibility index (Phi) is 4.78. The van der Waals surface area contributed by atoms with Crippen LogP contribution in [0.3, 0.4) is 0 Å². The van der Waals surface area contributed by atoms with Crippen LogP contribution in [0.4, 0.5) is 0 Å². The predicted molar refractivity (Wildman–Crippen MR) is 73.4 cm³/mol. The Morgan fingerprint density at radius 1 is 1.33 bits per heavy atom. The maximum Gasteiger partial charge on any atom is 0.161 e. The van der Waals surface area contributed by atoms with Crippen LogP contribution < -0.4 is 14.8 Å². The quantitative estimate of drug-likeness (QED) is 0.823. The van der Waals surface area contributed by atoms with Crippen LogP contribution in [0.15, 0.2) is 24.3 Å². The molecule has 1 heterocycles. The first kappa shape index (κ1) is 13.1. The fourth-order valence-electron chi connectivity index (χ4n) is 1.67. The van der Waals surface area contributed by atoms with E-state index in [4.69, 9.17) is 26.4 Å². The number of morpholine rings is 1. The van der Waals surface area contributed by atoms with Crippen LogP contribution in [0.25, 0.3) is 0 Å². The van der Waals surface area contributed by atoms with Gasteiger partial charge in [-0.1, -0.05) is 24.4 Å². The Morgan fingerprint density at radius 2 is 2.06 bits per heavy atom. The highest BCUT2D eigenvalue weighted by Crippen LogP contribution is 2.26. The molecule has 4 nitrogen and oxygen atoms in total. The summed E-state index contributed by atoms with van der Waals surface area (Å²) in [6.45, 7) is 4.22. The molecular weight excluding hydrogens is 250 g/mol. The zero-order valence-electron chi connectivity index (χ0n) is 10.3. The second-order valence-corrected chi connectivity index (χ2v) is 4.42. The average molecular weight is 267 g/mol. The van der Waals surface area contributed by atoms with E-state index >= 15 is 0 Å². The Labute approximate surface area is 112 Å². The summed E-state index contributed by atoms with van der Waals surface area (Å²) in [6.07, 6.45) is 0.0198. The summed E-state index contributed by atoms with van der Waals surface area (Å²) in [6, 6.07) is 7.64. The smallest absolute Gasteiger partial charge is 0.161 e. The number of para-hydroxylation sites is 2. The van der Waals surface area contributed by atoms with E-state index in [0.29, 0.717) is 26.4 Å². The monoisotopic (exact) mass is 267 g/mol. The molecule has 1 N–H and O–H groups in total. The normalized spacial score (nSPS) is 19.2. The van der Waals surface area contributed by atoms with Gasteiger partial charge in [0.25, 0.3) is 0 Å². The van der Waals surface area contributed by atoms with Crippen LogP contribution in [-0.2, 0) is 4.74 Å². The van der Waals surface area contributed by atoms with Crippen molar-refractivity contribution in [1.82, 2.24) is 5.32 Å². The Bertz CT molecular complexity index is 401. The summed E-state index contributed by atoms with van der Waals surface area (Å²) in [4.78, 5) is 0.751. The van der Waals surface area contributed by atoms with Crippen molar-refractivity contribution in [2.45, 2.75) is 13.0 Å². The van der Waals surface area contributed by atoms with Gasteiger partial charge in [0.2, 0.25) is 0 Å². The molecule has 0 aromatic heterocycles. The van der Waals surface area contributed by atoms with Gasteiger partial charge in [0.05, 0.1) is 13.2 Å². The number of hydrogen-bond acceptors (Lipinski definition) is 4. The number of thiocarbonyl (C=S) groups is 1. The van der Waals surface area contributed by atoms with Gasteiger partial charge < -0.3 is 19.5 Å². The minimum Gasteiger partial charge on any atom is -0.490 e. The lowest BCUT2D eigenvalue weighted by Gasteiger charge is -2.25. The number of hydrogen-bond donors (Lipinski definition) is 1. The standard InChI is InChI=1S/C13H17NO3S/c1-2-15-11-5-3-4-6-12(11)17-8-10-7-14-13(18)9-16-10/h3-6,10H,2,7-9H2,1H3,(H,14,18). The molecule has 0 radical (unpaired) electrons. The first-order valence-corrected chi connectivity index (χ1v) is 6.43. The van der Waals surface area contributed by atoms with Crippen LogP contribution >= 0.6 is 12.2 Å². The van der Waals surface area contributed by atoms with Gasteiger partial charge in [0, 0.05) is 6.54 Å². The molecule has 2 rings (SSSR count). The zero-order chi connectivity index (χ0) is 12.8. The Morgan fingerprint density at radius 3 is 2.67 bits per heavy atom. The molecule has 0 amide bonds. The topological polar surface area (TPSA) is 39.7 Å². The molecule has 5 heteroatoms. The van der Waals surface area contributed by atoms with Gasteiger partial charge in [-0.3, -0.25) is 0 Å². The van der Waals surface area contributed by atoms with E-state index in [2.05, 4.69) is 5.32 Å². The highest BCUT2D eigenvalue weighted by Gasteiger charge is 2.17. The number of rotatable bonds is 5. The van der Waals surface area contributed by atoms with Crippen molar-refractivity contribution < 1.29 is 14.2 Å². The van der Waals surface area contributed by atoms with Gasteiger partial charge in [-0.05, 0) is 19.1 Å². The molecule has 98 valence electrons. The van der Waals surface area contributed by atoms with Crippen LogP contribution in [-0.4, -0.2) is 37.5 Å². The van der Waals surface area contributed by atoms with E-state index in [1.54, 1.807) is 0 Å². The number of ether oxygens (including phenoxy) is 3. The molecule has 1 aliphatic heterocycles. The van der Waals surface area contributed by atoms with Gasteiger partial charge in [-0.25, -0.2) is 0 Å². The minimum atomic E-state index is 0.0198. The van der Waals surface area contributed by atoms with Gasteiger partial charge in [0.15, 0.2) is 11.5 Å². The van der Waals surface area contributed by atoms with E-state index in [1.807, 2.05) is 31.2 Å². The number of nitrogens with one attached hydrogen (secondary N) is 1. The molecule has 0 bridgehead atoms. The fourth-order valence-corrected chi connectivity index (χ4v) is 1.82. The average Bonchev–Trinajstić information content (AvgIpc) is 2.40. The largest absolute Gasteiger partial charge is 0.490 e. The molecule has 1 aromatic rings. The molecule has 1 aliphatic rings. The molecule has 1 aromatic carbocycles. The third-order valence-electron chi connectivity index (χ3n) is 2.55. The summed E-state index contributed by atoms with van der Waals surface area (Å²) in [5.41, 5.74) is 0. The molecule has 1 fully saturated rings. The molecule has 0 aliphatic carbocycles. The summed E-state index contributed by atoms with van der Waals surface area (Å²) >= 11 is 4.99. The van der Waals surface area contributed by atoms with Crippen LogP contribution in [0, 0.1) is 0 Å². The molecule has 1 unspecified atom stereocenters. The molecule has 1 saturated heterocycles. The molecule has 1 atom stereocenters. The zero-order valence-corrected chi connectivity index (χ0v) is 11.2. The fraction of sp³-hybridized carbons (Fsp3) is 0.462. The van der Waals surface area contributed by atoms with Crippen molar-refractivity contribution in [3.63, 3.8) is 0 Å². The highest BCUT2D eigenvalue weighted by atomic mass is 32.1. The maximum atomic E-state index is 5.73. The molecule has 0 saturated carbocycles. The minimum absolute atomic E-state index is 0.0198. The lowest BCUT2D eigenvalue weighted by molar-refractivity contribution is 0.0331. The first-order valence-electron chi connectivity index (χ1n) is 6.02. The summed E-state index contributed by atoms with van der Waals surface area (Å²) in [5, 5.41) is 3.10. The first-order chi connectivity index (χ1) is 8.79. The second kappa shape index (κ2) is 6.56. The highest BCUT2D eigenvalue weighted by molar-refractivity contribution is 7.80. The molecule has 18 heavy (non-hydrogen) atoms. The maximum absolute atomic E-state index is 5.73. The van der Waals surface area contributed by atoms with E-state index in [9.17, 15) is 0 Å². The number of benzene rings is 1. The van der Waals surface area contributed by atoms with Gasteiger partial charge in [-0.2, -0.15) is 0 Å². The van der Waals surface area contributed by atoms with Gasteiger partial charge in [-0.15, -0.1) is 0 Å². The van der Waals surface area contributed by atoms with Gasteiger partial charge >= 0.3 is 0 Å². The lowest BCUT2D eigenvalue weighted by Crippen LogP contribution is -2.44. The van der Waals surface area contributed by atoms with Crippen LogP contribution in [0.1, 0.15) is 6.92 Å². The van der Waals surface area contributed by atoms with E-state index in [0.717, 1.165) is 16.5 Å². The van der Waals surface area contributed by atoms with Crippen molar-refractivity contribution >= 4 is 17.2 Å². The second-order valence-electron chi connectivity index (χ2n) is 3.93. The molecule has 0 spiro atoms. The van der Waals surface area contributed by atoms with E-state index < -0.39 is 0 Å². The van der Waals surface area contributed by atoms with Crippen molar-refractivity contribution in [3.8, 4) is 11.5 Å². The SMILES string of the molecule is CCOc1ccccc1OCC1CNC(=S)CO1. The van der Waals surface area contributed by atoms with Crippen molar-refractivity contribution in [2.75, 3.05) is 26.4 Å². The third kappa shape index (κ3) is 3.58. The van der Waals surface area contributed by atoms with E-state index in [1.165, 1.54) is 0 Å². The van der Waals surface area contributed by atoms with Crippen LogP contribution in [0.2, 0.25) is 0 Å². The lowest BCUT2D eigenvalue weighted by atomic mass is 10.3. The van der Waals surface area contributed by atoms with Crippen molar-refractivity contribution in [1.29, 1.82) is 0 Å².